The minimum Gasteiger partial charge on any atom is -0.490 e. The first-order valence-corrected chi connectivity index (χ1v) is 7.10. The number of thioether (sulfide) groups is 1. The Balaban J connectivity index is 2.02. The average Bonchev–Trinajstić information content (AvgIpc) is 2.60. The third-order valence-electron chi connectivity index (χ3n) is 3.27. The molecule has 0 saturated heterocycles. The van der Waals surface area contributed by atoms with Crippen molar-refractivity contribution in [2.45, 2.75) is 23.8 Å². The van der Waals surface area contributed by atoms with Crippen LogP contribution < -0.4 is 14.8 Å². The minimum atomic E-state index is 0.448. The van der Waals surface area contributed by atoms with Crippen LogP contribution in [0.3, 0.4) is 0 Å². The van der Waals surface area contributed by atoms with Gasteiger partial charge in [-0.1, -0.05) is 0 Å². The molecule has 2 aliphatic rings. The molecule has 0 aliphatic carbocycles. The van der Waals surface area contributed by atoms with E-state index in [1.54, 1.807) is 0 Å². The molecule has 0 bridgehead atoms. The number of rotatable bonds is 1. The molecule has 2 heterocycles. The number of ether oxygens (including phenoxy) is 2. The molecule has 1 unspecified atom stereocenters. The van der Waals surface area contributed by atoms with E-state index in [4.69, 9.17) is 9.47 Å². The van der Waals surface area contributed by atoms with Crippen molar-refractivity contribution in [2.75, 3.05) is 26.0 Å². The molecule has 3 rings (SSSR count). The van der Waals surface area contributed by atoms with Gasteiger partial charge in [-0.15, -0.1) is 11.8 Å². The lowest BCUT2D eigenvalue weighted by Crippen LogP contribution is -2.20. The van der Waals surface area contributed by atoms with Gasteiger partial charge in [0.2, 0.25) is 0 Å². The largest absolute Gasteiger partial charge is 0.490 e. The van der Waals surface area contributed by atoms with Crippen molar-refractivity contribution in [3.05, 3.63) is 17.7 Å². The van der Waals surface area contributed by atoms with Gasteiger partial charge in [0.25, 0.3) is 0 Å². The summed E-state index contributed by atoms with van der Waals surface area (Å²) in [5.41, 5.74) is 1.35. The molecule has 0 radical (unpaired) electrons. The van der Waals surface area contributed by atoms with Gasteiger partial charge in [0.15, 0.2) is 11.5 Å². The molecule has 1 aromatic rings. The van der Waals surface area contributed by atoms with Gasteiger partial charge in [0.1, 0.15) is 0 Å². The van der Waals surface area contributed by atoms with Crippen LogP contribution in [0.25, 0.3) is 0 Å². The summed E-state index contributed by atoms with van der Waals surface area (Å²) in [5, 5.41) is 3.37. The quantitative estimate of drug-likeness (QED) is 0.831. The standard InChI is InChI=1S/C13H17NO2S/c1-14-10-3-6-17-13-8-12-11(7-9(10)13)15-4-2-5-16-12/h7-8,10,14H,2-6H2,1H3. The molecule has 0 aromatic heterocycles. The van der Waals surface area contributed by atoms with Crippen molar-refractivity contribution in [1.29, 1.82) is 0 Å². The zero-order chi connectivity index (χ0) is 11.7. The topological polar surface area (TPSA) is 30.5 Å². The Bertz CT molecular complexity index is 422. The predicted octanol–water partition coefficient (Wildman–Crippen LogP) is 2.60. The molecule has 0 fully saturated rings. The van der Waals surface area contributed by atoms with E-state index < -0.39 is 0 Å². The van der Waals surface area contributed by atoms with Gasteiger partial charge in [0, 0.05) is 17.4 Å². The van der Waals surface area contributed by atoms with Crippen molar-refractivity contribution in [2.24, 2.45) is 0 Å². The molecule has 1 aromatic carbocycles. The third-order valence-corrected chi connectivity index (χ3v) is 4.37. The van der Waals surface area contributed by atoms with E-state index in [1.165, 1.54) is 16.9 Å². The lowest BCUT2D eigenvalue weighted by atomic mass is 10.0. The zero-order valence-corrected chi connectivity index (χ0v) is 10.8. The van der Waals surface area contributed by atoms with Crippen molar-refractivity contribution in [1.82, 2.24) is 5.32 Å². The lowest BCUT2D eigenvalue weighted by molar-refractivity contribution is 0.296. The molecule has 2 aliphatic heterocycles. The van der Waals surface area contributed by atoms with Gasteiger partial charge in [-0.3, -0.25) is 0 Å². The highest BCUT2D eigenvalue weighted by molar-refractivity contribution is 7.99. The second-order valence-corrected chi connectivity index (χ2v) is 5.50. The van der Waals surface area contributed by atoms with Crippen LogP contribution in [0.2, 0.25) is 0 Å². The number of fused-ring (bicyclic) bond motifs is 2. The van der Waals surface area contributed by atoms with Crippen LogP contribution in [-0.4, -0.2) is 26.0 Å². The predicted molar refractivity (Wildman–Crippen MR) is 69.2 cm³/mol. The van der Waals surface area contributed by atoms with Crippen LogP contribution in [0, 0.1) is 0 Å². The average molecular weight is 251 g/mol. The first-order valence-electron chi connectivity index (χ1n) is 6.12. The summed E-state index contributed by atoms with van der Waals surface area (Å²) >= 11 is 1.91. The van der Waals surface area contributed by atoms with E-state index in [-0.39, 0.29) is 0 Å². The zero-order valence-electron chi connectivity index (χ0n) is 9.99. The summed E-state index contributed by atoms with van der Waals surface area (Å²) in [6, 6.07) is 4.75. The molecular weight excluding hydrogens is 234 g/mol. The number of nitrogens with one attached hydrogen (secondary N) is 1. The fourth-order valence-corrected chi connectivity index (χ4v) is 3.48. The van der Waals surface area contributed by atoms with Gasteiger partial charge >= 0.3 is 0 Å². The second kappa shape index (κ2) is 4.78. The van der Waals surface area contributed by atoms with E-state index in [2.05, 4.69) is 17.4 Å². The lowest BCUT2D eigenvalue weighted by Gasteiger charge is -2.25. The maximum atomic E-state index is 5.75. The van der Waals surface area contributed by atoms with Crippen molar-refractivity contribution < 1.29 is 9.47 Å². The summed E-state index contributed by atoms with van der Waals surface area (Å²) < 4.78 is 11.5. The number of benzene rings is 1. The highest BCUT2D eigenvalue weighted by Gasteiger charge is 2.23. The van der Waals surface area contributed by atoms with E-state index in [0.29, 0.717) is 6.04 Å². The van der Waals surface area contributed by atoms with Gasteiger partial charge in [-0.05, 0) is 36.9 Å². The Morgan fingerprint density at radius 3 is 2.76 bits per heavy atom. The Kier molecular flexibility index (Phi) is 3.16. The highest BCUT2D eigenvalue weighted by atomic mass is 32.2. The Hall–Kier alpha value is -0.870. The van der Waals surface area contributed by atoms with E-state index in [1.807, 2.05) is 18.8 Å². The molecule has 4 heteroatoms. The summed E-state index contributed by atoms with van der Waals surface area (Å²) in [5.74, 6) is 2.98. The maximum Gasteiger partial charge on any atom is 0.162 e. The van der Waals surface area contributed by atoms with Crippen molar-refractivity contribution in [3.8, 4) is 11.5 Å². The highest BCUT2D eigenvalue weighted by Crippen LogP contribution is 2.43. The summed E-state index contributed by atoms with van der Waals surface area (Å²) in [4.78, 5) is 1.33. The molecule has 3 nitrogen and oxygen atoms in total. The SMILES string of the molecule is CNC1CCSc2cc3c(cc21)OCCCO3. The van der Waals surface area contributed by atoms with E-state index in [0.717, 1.165) is 36.9 Å². The van der Waals surface area contributed by atoms with Gasteiger partial charge < -0.3 is 14.8 Å². The molecule has 0 saturated carbocycles. The Morgan fingerprint density at radius 2 is 2.00 bits per heavy atom. The smallest absolute Gasteiger partial charge is 0.162 e. The monoisotopic (exact) mass is 251 g/mol. The van der Waals surface area contributed by atoms with Crippen LogP contribution in [0.15, 0.2) is 17.0 Å². The van der Waals surface area contributed by atoms with Gasteiger partial charge in [0.05, 0.1) is 13.2 Å². The van der Waals surface area contributed by atoms with Crippen LogP contribution >= 0.6 is 11.8 Å². The van der Waals surface area contributed by atoms with Gasteiger partial charge in [-0.2, -0.15) is 0 Å². The first kappa shape index (κ1) is 11.2. The van der Waals surface area contributed by atoms with Crippen LogP contribution in [0.4, 0.5) is 0 Å². The first-order chi connectivity index (χ1) is 8.38. The summed E-state index contributed by atoms with van der Waals surface area (Å²) in [6.07, 6.45) is 2.13. The molecule has 1 atom stereocenters. The van der Waals surface area contributed by atoms with E-state index >= 15 is 0 Å². The molecule has 17 heavy (non-hydrogen) atoms. The van der Waals surface area contributed by atoms with E-state index in [9.17, 15) is 0 Å². The molecule has 92 valence electrons. The molecular formula is C13H17NO2S. The normalized spacial score (nSPS) is 22.8. The number of hydrogen-bond donors (Lipinski definition) is 1. The second-order valence-electron chi connectivity index (χ2n) is 4.37. The number of hydrogen-bond acceptors (Lipinski definition) is 4. The van der Waals surface area contributed by atoms with Crippen LogP contribution in [0.5, 0.6) is 11.5 Å². The molecule has 1 N–H and O–H groups in total. The van der Waals surface area contributed by atoms with Crippen LogP contribution in [0.1, 0.15) is 24.4 Å². The third kappa shape index (κ3) is 2.11. The fraction of sp³-hybridized carbons (Fsp3) is 0.538. The summed E-state index contributed by atoms with van der Waals surface area (Å²) in [6.45, 7) is 1.51. The Labute approximate surface area is 106 Å². The van der Waals surface area contributed by atoms with Crippen LogP contribution in [-0.2, 0) is 0 Å². The minimum absolute atomic E-state index is 0.448. The maximum absolute atomic E-state index is 5.75. The van der Waals surface area contributed by atoms with Crippen molar-refractivity contribution >= 4 is 11.8 Å². The Morgan fingerprint density at radius 1 is 1.24 bits per heavy atom. The fourth-order valence-electron chi connectivity index (χ4n) is 2.35. The molecule has 0 amide bonds. The van der Waals surface area contributed by atoms with Crippen molar-refractivity contribution in [3.63, 3.8) is 0 Å². The molecule has 0 spiro atoms. The summed E-state index contributed by atoms with van der Waals surface area (Å²) in [7, 11) is 2.02. The van der Waals surface area contributed by atoms with Gasteiger partial charge in [-0.25, -0.2) is 0 Å².